The fraction of sp³-hybridized carbons (Fsp3) is 0.471. The summed E-state index contributed by atoms with van der Waals surface area (Å²) >= 11 is 0. The number of piperidine rings is 1. The van der Waals surface area contributed by atoms with Crippen molar-refractivity contribution in [2.75, 3.05) is 24.5 Å². The molecule has 2 aliphatic rings. The molecule has 3 amide bonds. The molecular weight excluding hydrogens is 294 g/mol. The number of carbonyl (C=O) groups is 3. The van der Waals surface area contributed by atoms with Crippen molar-refractivity contribution in [2.45, 2.75) is 25.8 Å². The molecule has 2 heterocycles. The summed E-state index contributed by atoms with van der Waals surface area (Å²) in [6.07, 6.45) is 3.20. The Morgan fingerprint density at radius 2 is 1.96 bits per heavy atom. The summed E-state index contributed by atoms with van der Waals surface area (Å²) in [5.74, 6) is -0.0259. The van der Waals surface area contributed by atoms with Gasteiger partial charge in [-0.2, -0.15) is 0 Å². The monoisotopic (exact) mass is 315 g/mol. The molecule has 1 N–H and O–H groups in total. The topological polar surface area (TPSA) is 69.7 Å². The molecule has 0 bridgehead atoms. The minimum absolute atomic E-state index is 0.184. The summed E-state index contributed by atoms with van der Waals surface area (Å²) in [4.78, 5) is 37.8. The molecular formula is C17H21N3O3. The highest BCUT2D eigenvalue weighted by Gasteiger charge is 2.23. The third kappa shape index (κ3) is 3.70. The van der Waals surface area contributed by atoms with Gasteiger partial charge >= 0.3 is 6.03 Å². The summed E-state index contributed by atoms with van der Waals surface area (Å²) in [5, 5.41) is 2.34. The highest BCUT2D eigenvalue weighted by atomic mass is 16.2. The van der Waals surface area contributed by atoms with Gasteiger partial charge in [-0.3, -0.25) is 10.1 Å². The first-order valence-electron chi connectivity index (χ1n) is 8.03. The van der Waals surface area contributed by atoms with Crippen molar-refractivity contribution in [2.24, 2.45) is 5.92 Å². The molecule has 2 fully saturated rings. The number of imide groups is 1. The van der Waals surface area contributed by atoms with Crippen molar-refractivity contribution in [3.05, 3.63) is 29.8 Å². The van der Waals surface area contributed by atoms with Crippen LogP contribution < -0.4 is 10.2 Å². The standard InChI is InChI=1S/C17H21N3O3/c21-12-13-4-7-19(8-5-13)15-3-1-2-14(10-15)11-20-9-6-16(22)18-17(20)23/h1-3,10,12-13H,4-9,11H2,(H,18,22,23). The van der Waals surface area contributed by atoms with Gasteiger partial charge in [-0.25, -0.2) is 4.79 Å². The summed E-state index contributed by atoms with van der Waals surface area (Å²) in [7, 11) is 0. The van der Waals surface area contributed by atoms with Crippen molar-refractivity contribution < 1.29 is 14.4 Å². The van der Waals surface area contributed by atoms with Crippen LogP contribution >= 0.6 is 0 Å². The molecule has 0 atom stereocenters. The zero-order chi connectivity index (χ0) is 16.2. The molecule has 0 unspecified atom stereocenters. The van der Waals surface area contributed by atoms with Gasteiger partial charge in [0.1, 0.15) is 6.29 Å². The lowest BCUT2D eigenvalue weighted by atomic mass is 9.98. The van der Waals surface area contributed by atoms with Crippen LogP contribution in [0, 0.1) is 5.92 Å². The fourth-order valence-corrected chi connectivity index (χ4v) is 3.12. The lowest BCUT2D eigenvalue weighted by Gasteiger charge is -2.32. The Morgan fingerprint density at radius 1 is 1.17 bits per heavy atom. The molecule has 0 radical (unpaired) electrons. The van der Waals surface area contributed by atoms with E-state index in [-0.39, 0.29) is 17.9 Å². The third-order valence-corrected chi connectivity index (χ3v) is 4.52. The Kier molecular flexibility index (Phi) is 4.60. The number of rotatable bonds is 4. The molecule has 0 aromatic heterocycles. The highest BCUT2D eigenvalue weighted by molar-refractivity contribution is 5.96. The Morgan fingerprint density at radius 3 is 2.65 bits per heavy atom. The molecule has 23 heavy (non-hydrogen) atoms. The van der Waals surface area contributed by atoms with E-state index in [2.05, 4.69) is 22.3 Å². The molecule has 1 aromatic carbocycles. The molecule has 122 valence electrons. The Bertz CT molecular complexity index is 609. The molecule has 2 saturated heterocycles. The van der Waals surface area contributed by atoms with Crippen LogP contribution in [-0.2, 0) is 16.1 Å². The van der Waals surface area contributed by atoms with E-state index in [1.807, 2.05) is 12.1 Å². The summed E-state index contributed by atoms with van der Waals surface area (Å²) in [6.45, 7) is 2.72. The predicted molar refractivity (Wildman–Crippen MR) is 86.0 cm³/mol. The summed E-state index contributed by atoms with van der Waals surface area (Å²) < 4.78 is 0. The first-order valence-corrected chi connectivity index (χ1v) is 8.03. The van der Waals surface area contributed by atoms with E-state index < -0.39 is 0 Å². The minimum atomic E-state index is -0.321. The molecule has 2 aliphatic heterocycles. The zero-order valence-electron chi connectivity index (χ0n) is 13.0. The average Bonchev–Trinajstić information content (AvgIpc) is 2.58. The van der Waals surface area contributed by atoms with Crippen LogP contribution in [0.4, 0.5) is 10.5 Å². The fourth-order valence-electron chi connectivity index (χ4n) is 3.12. The summed E-state index contributed by atoms with van der Waals surface area (Å²) in [5.41, 5.74) is 2.17. The van der Waals surface area contributed by atoms with E-state index in [0.717, 1.165) is 43.5 Å². The number of hydrogen-bond acceptors (Lipinski definition) is 4. The lowest BCUT2D eigenvalue weighted by molar-refractivity contribution is -0.121. The number of urea groups is 1. The number of amides is 3. The van der Waals surface area contributed by atoms with Crippen LogP contribution in [-0.4, -0.2) is 42.8 Å². The second-order valence-electron chi connectivity index (χ2n) is 6.16. The van der Waals surface area contributed by atoms with Crippen molar-refractivity contribution >= 4 is 23.9 Å². The van der Waals surface area contributed by atoms with E-state index in [9.17, 15) is 14.4 Å². The number of nitrogens with one attached hydrogen (secondary N) is 1. The normalized spacial score (nSPS) is 19.7. The third-order valence-electron chi connectivity index (χ3n) is 4.52. The first kappa shape index (κ1) is 15.5. The second kappa shape index (κ2) is 6.81. The molecule has 0 spiro atoms. The van der Waals surface area contributed by atoms with Crippen molar-refractivity contribution in [1.82, 2.24) is 10.2 Å². The maximum absolute atomic E-state index is 11.8. The van der Waals surface area contributed by atoms with Gasteiger partial charge in [0.25, 0.3) is 0 Å². The number of aldehydes is 1. The van der Waals surface area contributed by atoms with E-state index >= 15 is 0 Å². The van der Waals surface area contributed by atoms with Gasteiger partial charge in [-0.05, 0) is 30.5 Å². The summed E-state index contributed by atoms with van der Waals surface area (Å²) in [6, 6.07) is 7.81. The van der Waals surface area contributed by atoms with Crippen LogP contribution in [0.5, 0.6) is 0 Å². The molecule has 1 aromatic rings. The maximum Gasteiger partial charge on any atom is 0.324 e. The van der Waals surface area contributed by atoms with Gasteiger partial charge in [0.15, 0.2) is 0 Å². The van der Waals surface area contributed by atoms with Crippen LogP contribution in [0.25, 0.3) is 0 Å². The van der Waals surface area contributed by atoms with Crippen LogP contribution in [0.1, 0.15) is 24.8 Å². The van der Waals surface area contributed by atoms with Crippen LogP contribution in [0.2, 0.25) is 0 Å². The largest absolute Gasteiger partial charge is 0.371 e. The number of hydrogen-bond donors (Lipinski definition) is 1. The zero-order valence-corrected chi connectivity index (χ0v) is 13.0. The quantitative estimate of drug-likeness (QED) is 0.856. The Balaban J connectivity index is 1.65. The minimum Gasteiger partial charge on any atom is -0.371 e. The average molecular weight is 315 g/mol. The van der Waals surface area contributed by atoms with E-state index in [1.165, 1.54) is 0 Å². The van der Waals surface area contributed by atoms with E-state index in [1.54, 1.807) is 4.90 Å². The van der Waals surface area contributed by atoms with Crippen LogP contribution in [0.3, 0.4) is 0 Å². The SMILES string of the molecule is O=CC1CCN(c2cccc(CN3CCC(=O)NC3=O)c2)CC1. The molecule has 0 saturated carbocycles. The van der Waals surface area contributed by atoms with Gasteiger partial charge in [0.05, 0.1) is 0 Å². The van der Waals surface area contributed by atoms with Crippen molar-refractivity contribution in [3.63, 3.8) is 0 Å². The number of benzene rings is 1. The first-order chi connectivity index (χ1) is 11.2. The predicted octanol–water partition coefficient (Wildman–Crippen LogP) is 1.54. The lowest BCUT2D eigenvalue weighted by Crippen LogP contribution is -2.48. The van der Waals surface area contributed by atoms with Gasteiger partial charge in [0, 0.05) is 44.2 Å². The van der Waals surface area contributed by atoms with Gasteiger partial charge in [-0.1, -0.05) is 12.1 Å². The highest BCUT2D eigenvalue weighted by Crippen LogP contribution is 2.23. The molecule has 6 heteroatoms. The molecule has 0 aliphatic carbocycles. The Labute approximate surface area is 135 Å². The Hall–Kier alpha value is -2.37. The number of anilines is 1. The molecule has 6 nitrogen and oxygen atoms in total. The van der Waals surface area contributed by atoms with Gasteiger partial charge in [-0.15, -0.1) is 0 Å². The maximum atomic E-state index is 11.8. The van der Waals surface area contributed by atoms with Crippen molar-refractivity contribution in [3.8, 4) is 0 Å². The smallest absolute Gasteiger partial charge is 0.324 e. The van der Waals surface area contributed by atoms with Gasteiger partial charge in [0.2, 0.25) is 5.91 Å². The van der Waals surface area contributed by atoms with Gasteiger partial charge < -0.3 is 14.6 Å². The number of nitrogens with zero attached hydrogens (tertiary/aromatic N) is 2. The molecule has 3 rings (SSSR count). The van der Waals surface area contributed by atoms with Crippen molar-refractivity contribution in [1.29, 1.82) is 0 Å². The second-order valence-corrected chi connectivity index (χ2v) is 6.16. The van der Waals surface area contributed by atoms with E-state index in [0.29, 0.717) is 19.5 Å². The number of carbonyl (C=O) groups excluding carboxylic acids is 3. The van der Waals surface area contributed by atoms with E-state index in [4.69, 9.17) is 0 Å². The van der Waals surface area contributed by atoms with Crippen LogP contribution in [0.15, 0.2) is 24.3 Å².